The smallest absolute Gasteiger partial charge is 0.338 e. The van der Waals surface area contributed by atoms with Gasteiger partial charge >= 0.3 is 5.97 Å². The second-order valence-corrected chi connectivity index (χ2v) is 10.5. The van der Waals surface area contributed by atoms with Crippen LogP contribution in [0.4, 0.5) is 5.69 Å². The first-order valence-corrected chi connectivity index (χ1v) is 12.9. The number of methoxy groups -OCH3 is 1. The van der Waals surface area contributed by atoms with Gasteiger partial charge in [0.1, 0.15) is 17.6 Å². The largest absolute Gasteiger partial charge is 0.507 e. The molecular formula is C27H23Cl2NO6S. The highest BCUT2D eigenvalue weighted by molar-refractivity contribution is 7.10. The fourth-order valence-corrected chi connectivity index (χ4v) is 5.38. The number of carbonyl (C=O) groups is 3. The molecule has 37 heavy (non-hydrogen) atoms. The number of rotatable bonds is 7. The van der Waals surface area contributed by atoms with Crippen LogP contribution in [0.5, 0.6) is 5.75 Å². The Hall–Kier alpha value is -3.33. The topological polar surface area (TPSA) is 93.1 Å². The van der Waals surface area contributed by atoms with Crippen LogP contribution >= 0.6 is 34.5 Å². The van der Waals surface area contributed by atoms with Crippen LogP contribution < -0.4 is 9.64 Å². The fourth-order valence-electron chi connectivity index (χ4n) is 3.99. The van der Waals surface area contributed by atoms with Crippen molar-refractivity contribution in [2.75, 3.05) is 18.6 Å². The SMILES string of the molecule is COc1c(Cl)cc(Cl)cc1/C(O)=C1/C(=O)C(=O)N(c2ccc(C(=O)OCC(C)C)cc2)C1c1cccs1. The van der Waals surface area contributed by atoms with E-state index in [2.05, 4.69) is 0 Å². The van der Waals surface area contributed by atoms with Crippen molar-refractivity contribution in [3.05, 3.63) is 85.5 Å². The van der Waals surface area contributed by atoms with Crippen molar-refractivity contribution >= 4 is 63.6 Å². The molecule has 3 aromatic rings. The molecule has 1 fully saturated rings. The molecule has 4 rings (SSSR count). The van der Waals surface area contributed by atoms with Crippen LogP contribution in [-0.2, 0) is 14.3 Å². The Kier molecular flexibility index (Phi) is 7.92. The molecule has 2 heterocycles. The Bertz CT molecular complexity index is 1380. The van der Waals surface area contributed by atoms with E-state index >= 15 is 0 Å². The number of nitrogens with zero attached hydrogens (tertiary/aromatic N) is 1. The van der Waals surface area contributed by atoms with Crippen molar-refractivity contribution < 1.29 is 29.0 Å². The Morgan fingerprint density at radius 1 is 1.14 bits per heavy atom. The summed E-state index contributed by atoms with van der Waals surface area (Å²) in [5, 5.41) is 13.5. The van der Waals surface area contributed by atoms with Crippen molar-refractivity contribution in [2.24, 2.45) is 5.92 Å². The molecule has 0 aliphatic carbocycles. The maximum Gasteiger partial charge on any atom is 0.338 e. The minimum atomic E-state index is -0.929. The number of amides is 1. The molecule has 1 atom stereocenters. The molecule has 10 heteroatoms. The third-order valence-corrected chi connectivity index (χ3v) is 7.08. The van der Waals surface area contributed by atoms with Crippen LogP contribution in [0.25, 0.3) is 5.76 Å². The molecular weight excluding hydrogens is 537 g/mol. The molecule has 1 aromatic heterocycles. The highest BCUT2D eigenvalue weighted by atomic mass is 35.5. The zero-order chi connectivity index (χ0) is 26.9. The third kappa shape index (κ3) is 5.23. The number of aliphatic hydroxyl groups excluding tert-OH is 1. The number of esters is 1. The van der Waals surface area contributed by atoms with Crippen LogP contribution in [0.2, 0.25) is 10.0 Å². The molecule has 1 unspecified atom stereocenters. The summed E-state index contributed by atoms with van der Waals surface area (Å²) in [7, 11) is 1.37. The van der Waals surface area contributed by atoms with E-state index in [0.29, 0.717) is 16.1 Å². The van der Waals surface area contributed by atoms with Crippen molar-refractivity contribution in [1.82, 2.24) is 0 Å². The molecule has 0 radical (unpaired) electrons. The first-order valence-electron chi connectivity index (χ1n) is 11.3. The van der Waals surface area contributed by atoms with E-state index in [4.69, 9.17) is 32.7 Å². The van der Waals surface area contributed by atoms with Gasteiger partial charge in [-0.15, -0.1) is 11.3 Å². The summed E-state index contributed by atoms with van der Waals surface area (Å²) in [6, 6.07) is 11.7. The summed E-state index contributed by atoms with van der Waals surface area (Å²) in [5.74, 6) is -2.36. The summed E-state index contributed by atoms with van der Waals surface area (Å²) in [6.07, 6.45) is 0. The van der Waals surface area contributed by atoms with Gasteiger partial charge in [-0.1, -0.05) is 43.1 Å². The molecule has 1 aliphatic rings. The lowest BCUT2D eigenvalue weighted by Crippen LogP contribution is -2.29. The Labute approximate surface area is 227 Å². The van der Waals surface area contributed by atoms with Crippen LogP contribution in [0.3, 0.4) is 0 Å². The standard InChI is InChI=1S/C27H23Cl2NO6S/c1-14(2)13-36-27(34)15-6-8-17(9-7-15)30-22(20-5-4-10-37-20)21(24(32)26(30)33)23(31)18-11-16(28)12-19(29)25(18)35-3/h4-12,14,22,31H,13H2,1-3H3/b23-21-. The van der Waals surface area contributed by atoms with Gasteiger partial charge < -0.3 is 14.6 Å². The predicted octanol–water partition coefficient (Wildman–Crippen LogP) is 6.50. The summed E-state index contributed by atoms with van der Waals surface area (Å²) in [6.45, 7) is 4.15. The van der Waals surface area contributed by atoms with Crippen LogP contribution in [0.1, 0.15) is 40.7 Å². The van der Waals surface area contributed by atoms with Crippen LogP contribution in [0.15, 0.2) is 59.5 Å². The minimum absolute atomic E-state index is 0.0859. The van der Waals surface area contributed by atoms with Crippen molar-refractivity contribution in [3.8, 4) is 5.75 Å². The number of carbonyl (C=O) groups excluding carboxylic acids is 3. The first kappa shape index (κ1) is 26.7. The maximum atomic E-state index is 13.3. The number of thiophene rings is 1. The number of ketones is 1. The zero-order valence-electron chi connectivity index (χ0n) is 20.2. The second kappa shape index (κ2) is 11.0. The molecule has 0 saturated carbocycles. The lowest BCUT2D eigenvalue weighted by molar-refractivity contribution is -0.132. The number of Topliss-reactive ketones (excluding diaryl/α,β-unsaturated/α-hetero) is 1. The number of hydrogen-bond donors (Lipinski definition) is 1. The van der Waals surface area contributed by atoms with Gasteiger partial charge in [0.25, 0.3) is 11.7 Å². The first-order chi connectivity index (χ1) is 17.6. The van der Waals surface area contributed by atoms with Gasteiger partial charge in [0.05, 0.1) is 35.4 Å². The Balaban J connectivity index is 1.82. The van der Waals surface area contributed by atoms with E-state index in [1.165, 1.54) is 47.6 Å². The molecule has 1 N–H and O–H groups in total. The molecule has 192 valence electrons. The quantitative estimate of drug-likeness (QED) is 0.153. The van der Waals surface area contributed by atoms with Gasteiger partial charge in [-0.3, -0.25) is 14.5 Å². The zero-order valence-corrected chi connectivity index (χ0v) is 22.5. The highest BCUT2D eigenvalue weighted by Crippen LogP contribution is 2.45. The normalized spacial score (nSPS) is 16.9. The van der Waals surface area contributed by atoms with Gasteiger partial charge in [0.2, 0.25) is 0 Å². The van der Waals surface area contributed by atoms with Crippen molar-refractivity contribution in [3.63, 3.8) is 0 Å². The summed E-state index contributed by atoms with van der Waals surface area (Å²) >= 11 is 13.7. The van der Waals surface area contributed by atoms with Gasteiger partial charge in [-0.25, -0.2) is 4.79 Å². The maximum absolute atomic E-state index is 13.3. The summed E-state index contributed by atoms with van der Waals surface area (Å²) in [5.41, 5.74) is 0.635. The second-order valence-electron chi connectivity index (χ2n) is 8.69. The molecule has 7 nitrogen and oxygen atoms in total. The van der Waals surface area contributed by atoms with E-state index in [1.807, 2.05) is 13.8 Å². The number of halogens is 2. The molecule has 1 aliphatic heterocycles. The Morgan fingerprint density at radius 3 is 2.43 bits per heavy atom. The highest BCUT2D eigenvalue weighted by Gasteiger charge is 2.47. The Morgan fingerprint density at radius 2 is 1.84 bits per heavy atom. The number of aliphatic hydroxyl groups is 1. The number of anilines is 1. The molecule has 0 spiro atoms. The van der Waals surface area contributed by atoms with Crippen molar-refractivity contribution in [2.45, 2.75) is 19.9 Å². The molecule has 2 aromatic carbocycles. The van der Waals surface area contributed by atoms with E-state index in [-0.39, 0.29) is 39.5 Å². The average Bonchev–Trinajstić information content (AvgIpc) is 3.48. The molecule has 0 bridgehead atoms. The predicted molar refractivity (Wildman–Crippen MR) is 144 cm³/mol. The summed E-state index contributed by atoms with van der Waals surface area (Å²) in [4.78, 5) is 40.9. The third-order valence-electron chi connectivity index (χ3n) is 5.65. The van der Waals surface area contributed by atoms with E-state index in [1.54, 1.807) is 29.6 Å². The van der Waals surface area contributed by atoms with E-state index in [0.717, 1.165) is 0 Å². The number of ether oxygens (including phenoxy) is 2. The summed E-state index contributed by atoms with van der Waals surface area (Å²) < 4.78 is 10.6. The fraction of sp³-hybridized carbons (Fsp3) is 0.222. The molecule has 1 amide bonds. The van der Waals surface area contributed by atoms with E-state index in [9.17, 15) is 19.5 Å². The van der Waals surface area contributed by atoms with Gasteiger partial charge in [-0.2, -0.15) is 0 Å². The molecule has 1 saturated heterocycles. The van der Waals surface area contributed by atoms with Gasteiger partial charge in [0, 0.05) is 15.6 Å². The van der Waals surface area contributed by atoms with E-state index < -0.39 is 29.5 Å². The van der Waals surface area contributed by atoms with Crippen LogP contribution in [0, 0.1) is 5.92 Å². The average molecular weight is 560 g/mol. The number of hydrogen-bond acceptors (Lipinski definition) is 7. The van der Waals surface area contributed by atoms with Crippen molar-refractivity contribution in [1.29, 1.82) is 0 Å². The lowest BCUT2D eigenvalue weighted by Gasteiger charge is -2.24. The lowest BCUT2D eigenvalue weighted by atomic mass is 9.99. The van der Waals surface area contributed by atoms with Gasteiger partial charge in [-0.05, 0) is 53.8 Å². The van der Waals surface area contributed by atoms with Crippen LogP contribution in [-0.4, -0.2) is 36.5 Å². The minimum Gasteiger partial charge on any atom is -0.507 e. The number of benzene rings is 2. The van der Waals surface area contributed by atoms with Gasteiger partial charge in [0.15, 0.2) is 0 Å². The monoisotopic (exact) mass is 559 g/mol.